The molecule has 4 nitrogen and oxygen atoms in total. The standard InChI is InChI=1S/C12H12F2N2O2S2/c13-8-1-3-10(4-2-8)17-5-9(14)6-20-7-11-15-16-12(19)18-11/h1-4,9H,5-7H2,(H,16,19). The number of aromatic nitrogens is 2. The van der Waals surface area contributed by atoms with Gasteiger partial charge < -0.3 is 9.15 Å². The quantitative estimate of drug-likeness (QED) is 0.792. The second-order valence-electron chi connectivity index (χ2n) is 3.88. The Balaban J connectivity index is 1.66. The molecule has 108 valence electrons. The first-order chi connectivity index (χ1) is 9.63. The number of hydrogen-bond acceptors (Lipinski definition) is 5. The van der Waals surface area contributed by atoms with Gasteiger partial charge in [-0.05, 0) is 36.5 Å². The lowest BCUT2D eigenvalue weighted by molar-refractivity contribution is 0.213. The Hall–Kier alpha value is -1.41. The summed E-state index contributed by atoms with van der Waals surface area (Å²) in [6.45, 7) is -0.0807. The third-order valence-electron chi connectivity index (χ3n) is 2.25. The number of thioether (sulfide) groups is 1. The van der Waals surface area contributed by atoms with Gasteiger partial charge in [-0.25, -0.2) is 13.9 Å². The Morgan fingerprint density at radius 2 is 2.15 bits per heavy atom. The van der Waals surface area contributed by atoms with Crippen molar-refractivity contribution in [2.45, 2.75) is 11.9 Å². The highest BCUT2D eigenvalue weighted by molar-refractivity contribution is 7.98. The maximum atomic E-state index is 13.6. The van der Waals surface area contributed by atoms with Crippen LogP contribution in [0.25, 0.3) is 0 Å². The highest BCUT2D eigenvalue weighted by Crippen LogP contribution is 2.15. The number of alkyl halides is 1. The molecule has 0 aliphatic rings. The van der Waals surface area contributed by atoms with E-state index in [-0.39, 0.29) is 23.0 Å². The van der Waals surface area contributed by atoms with Gasteiger partial charge in [-0.1, -0.05) is 0 Å². The highest BCUT2D eigenvalue weighted by Gasteiger charge is 2.09. The van der Waals surface area contributed by atoms with Crippen LogP contribution in [0.4, 0.5) is 8.78 Å². The smallest absolute Gasteiger partial charge is 0.284 e. The van der Waals surface area contributed by atoms with Gasteiger partial charge in [-0.15, -0.1) is 16.9 Å². The predicted molar refractivity (Wildman–Crippen MR) is 74.6 cm³/mol. The zero-order valence-corrected chi connectivity index (χ0v) is 12.0. The molecule has 2 aromatic rings. The number of H-pyrrole nitrogens is 1. The summed E-state index contributed by atoms with van der Waals surface area (Å²) in [5.41, 5.74) is 0. The van der Waals surface area contributed by atoms with E-state index in [1.807, 2.05) is 0 Å². The van der Waals surface area contributed by atoms with Crippen LogP contribution < -0.4 is 4.74 Å². The monoisotopic (exact) mass is 318 g/mol. The van der Waals surface area contributed by atoms with Crippen molar-refractivity contribution in [1.82, 2.24) is 10.2 Å². The van der Waals surface area contributed by atoms with E-state index in [1.54, 1.807) is 0 Å². The Morgan fingerprint density at radius 1 is 1.40 bits per heavy atom. The van der Waals surface area contributed by atoms with Gasteiger partial charge in [0, 0.05) is 5.75 Å². The van der Waals surface area contributed by atoms with E-state index in [2.05, 4.69) is 10.2 Å². The number of rotatable bonds is 7. The average Bonchev–Trinajstić information content (AvgIpc) is 2.84. The first-order valence-corrected chi connectivity index (χ1v) is 7.34. The van der Waals surface area contributed by atoms with Crippen LogP contribution in [0.5, 0.6) is 5.75 Å². The van der Waals surface area contributed by atoms with Gasteiger partial charge in [0.15, 0.2) is 0 Å². The molecule has 0 bridgehead atoms. The zero-order chi connectivity index (χ0) is 14.4. The highest BCUT2D eigenvalue weighted by atomic mass is 32.2. The lowest BCUT2D eigenvalue weighted by atomic mass is 10.3. The van der Waals surface area contributed by atoms with E-state index >= 15 is 0 Å². The van der Waals surface area contributed by atoms with E-state index < -0.39 is 6.17 Å². The summed E-state index contributed by atoms with van der Waals surface area (Å²) in [6, 6.07) is 5.46. The van der Waals surface area contributed by atoms with Crippen LogP contribution in [0.2, 0.25) is 0 Å². The number of ether oxygens (including phenoxy) is 1. The number of nitrogens with one attached hydrogen (secondary N) is 1. The predicted octanol–water partition coefficient (Wildman–Crippen LogP) is 3.52. The average molecular weight is 318 g/mol. The number of aromatic amines is 1. The zero-order valence-electron chi connectivity index (χ0n) is 10.3. The van der Waals surface area contributed by atoms with Crippen molar-refractivity contribution in [1.29, 1.82) is 0 Å². The fourth-order valence-corrected chi connectivity index (χ4v) is 2.27. The van der Waals surface area contributed by atoms with Crippen molar-refractivity contribution in [3.63, 3.8) is 0 Å². The van der Waals surface area contributed by atoms with Crippen molar-refractivity contribution < 1.29 is 17.9 Å². The van der Waals surface area contributed by atoms with Crippen molar-refractivity contribution >= 4 is 24.0 Å². The first kappa shape index (κ1) is 15.0. The fourth-order valence-electron chi connectivity index (χ4n) is 1.36. The molecule has 1 unspecified atom stereocenters. The second kappa shape index (κ2) is 7.39. The van der Waals surface area contributed by atoms with Crippen LogP contribution in [0.1, 0.15) is 5.89 Å². The molecule has 0 aliphatic carbocycles. The lowest BCUT2D eigenvalue weighted by Gasteiger charge is -2.09. The minimum atomic E-state index is -1.13. The Bertz CT molecular complexity index is 586. The van der Waals surface area contributed by atoms with E-state index in [4.69, 9.17) is 21.4 Å². The molecule has 0 saturated heterocycles. The molecule has 1 N–H and O–H groups in total. The van der Waals surface area contributed by atoms with Crippen LogP contribution in [0.3, 0.4) is 0 Å². The van der Waals surface area contributed by atoms with E-state index in [0.717, 1.165) is 0 Å². The SMILES string of the molecule is Fc1ccc(OCC(F)CSCc2n[nH]c(=S)o2)cc1. The summed E-state index contributed by atoms with van der Waals surface area (Å²) in [4.78, 5) is 0.206. The normalized spacial score (nSPS) is 12.3. The molecule has 1 aromatic carbocycles. The number of nitrogens with zero attached hydrogens (tertiary/aromatic N) is 1. The molecule has 8 heteroatoms. The topological polar surface area (TPSA) is 51.0 Å². The lowest BCUT2D eigenvalue weighted by Crippen LogP contribution is -2.15. The molecule has 0 amide bonds. The summed E-state index contributed by atoms with van der Waals surface area (Å²) in [6.07, 6.45) is -1.13. The maximum absolute atomic E-state index is 13.6. The summed E-state index contributed by atoms with van der Waals surface area (Å²) >= 11 is 6.05. The Labute approximate surface area is 123 Å². The van der Waals surface area contributed by atoms with Gasteiger partial charge in [0.2, 0.25) is 5.89 Å². The number of hydrogen-bond donors (Lipinski definition) is 1. The Kier molecular flexibility index (Phi) is 5.54. The van der Waals surface area contributed by atoms with Crippen molar-refractivity contribution in [2.24, 2.45) is 0 Å². The summed E-state index contributed by atoms with van der Waals surface area (Å²) in [5, 5.41) is 6.30. The molecular weight excluding hydrogens is 306 g/mol. The number of halogens is 2. The third kappa shape index (κ3) is 4.93. The molecule has 1 atom stereocenters. The number of benzene rings is 1. The summed E-state index contributed by atoms with van der Waals surface area (Å²) < 4.78 is 36.5. The molecule has 0 saturated carbocycles. The largest absolute Gasteiger partial charge is 0.491 e. The molecule has 0 aliphatic heterocycles. The molecule has 20 heavy (non-hydrogen) atoms. The summed E-state index contributed by atoms with van der Waals surface area (Å²) in [5.74, 6) is 1.21. The van der Waals surface area contributed by atoms with Gasteiger partial charge in [0.25, 0.3) is 4.84 Å². The van der Waals surface area contributed by atoms with Crippen LogP contribution in [0, 0.1) is 10.7 Å². The van der Waals surface area contributed by atoms with Crippen molar-refractivity contribution in [3.05, 3.63) is 40.8 Å². The van der Waals surface area contributed by atoms with E-state index in [1.165, 1.54) is 36.0 Å². The van der Waals surface area contributed by atoms with Crippen LogP contribution in [-0.4, -0.2) is 28.7 Å². The Morgan fingerprint density at radius 3 is 2.80 bits per heavy atom. The molecule has 1 heterocycles. The molecule has 0 radical (unpaired) electrons. The van der Waals surface area contributed by atoms with E-state index in [9.17, 15) is 8.78 Å². The molecule has 2 rings (SSSR count). The van der Waals surface area contributed by atoms with Crippen LogP contribution in [0.15, 0.2) is 28.7 Å². The first-order valence-electron chi connectivity index (χ1n) is 5.78. The van der Waals surface area contributed by atoms with Crippen LogP contribution >= 0.6 is 24.0 Å². The van der Waals surface area contributed by atoms with Gasteiger partial charge in [0.05, 0.1) is 5.75 Å². The molecule has 1 aromatic heterocycles. The molecule has 0 fully saturated rings. The second-order valence-corrected chi connectivity index (χ2v) is 5.29. The minimum absolute atomic E-state index is 0.0807. The fraction of sp³-hybridized carbons (Fsp3) is 0.333. The van der Waals surface area contributed by atoms with Gasteiger partial charge in [0.1, 0.15) is 24.3 Å². The maximum Gasteiger partial charge on any atom is 0.284 e. The van der Waals surface area contributed by atoms with Gasteiger partial charge in [-0.2, -0.15) is 0 Å². The molecule has 0 spiro atoms. The molecular formula is C12H12F2N2O2S2. The van der Waals surface area contributed by atoms with Gasteiger partial charge >= 0.3 is 0 Å². The van der Waals surface area contributed by atoms with Gasteiger partial charge in [-0.3, -0.25) is 0 Å². The summed E-state index contributed by atoms with van der Waals surface area (Å²) in [7, 11) is 0. The minimum Gasteiger partial charge on any atom is -0.491 e. The van der Waals surface area contributed by atoms with Crippen molar-refractivity contribution in [2.75, 3.05) is 12.4 Å². The van der Waals surface area contributed by atoms with Crippen LogP contribution in [-0.2, 0) is 5.75 Å². The van der Waals surface area contributed by atoms with Crippen molar-refractivity contribution in [3.8, 4) is 5.75 Å². The van der Waals surface area contributed by atoms with E-state index in [0.29, 0.717) is 17.4 Å². The third-order valence-corrected chi connectivity index (χ3v) is 3.47.